The summed E-state index contributed by atoms with van der Waals surface area (Å²) in [6.45, 7) is 1.55. The van der Waals surface area contributed by atoms with Crippen molar-refractivity contribution >= 4 is 16.1 Å². The van der Waals surface area contributed by atoms with Gasteiger partial charge in [-0.1, -0.05) is 6.42 Å². The summed E-state index contributed by atoms with van der Waals surface area (Å²) in [5, 5.41) is 0. The second kappa shape index (κ2) is 5.36. The van der Waals surface area contributed by atoms with E-state index in [-0.39, 0.29) is 17.7 Å². The van der Waals surface area contributed by atoms with Gasteiger partial charge in [-0.15, -0.1) is 3.89 Å². The third-order valence-corrected chi connectivity index (χ3v) is 4.99. The van der Waals surface area contributed by atoms with Crippen molar-refractivity contribution in [2.45, 2.75) is 25.7 Å². The molecule has 0 N–H and O–H groups in total. The molecule has 5 nitrogen and oxygen atoms in total. The summed E-state index contributed by atoms with van der Waals surface area (Å²) in [7, 11) is -2.86. The van der Waals surface area contributed by atoms with Gasteiger partial charge in [0.05, 0.1) is 12.4 Å². The first-order valence-corrected chi connectivity index (χ1v) is 8.08. The Morgan fingerprint density at radius 2 is 2.16 bits per heavy atom. The molecule has 1 saturated heterocycles. The third kappa shape index (κ3) is 3.66. The summed E-state index contributed by atoms with van der Waals surface area (Å²) in [6.07, 6.45) is 3.31. The molecule has 2 aliphatic rings. The van der Waals surface area contributed by atoms with Crippen LogP contribution in [0.25, 0.3) is 0 Å². The van der Waals surface area contributed by atoms with Gasteiger partial charge in [-0.05, 0) is 12.8 Å². The van der Waals surface area contributed by atoms with E-state index in [2.05, 4.69) is 0 Å². The summed E-state index contributed by atoms with van der Waals surface area (Å²) in [5.74, 6) is -1.04. The fourth-order valence-corrected chi connectivity index (χ4v) is 3.92. The molecule has 1 amide bonds. The van der Waals surface area contributed by atoms with E-state index in [4.69, 9.17) is 4.74 Å². The van der Waals surface area contributed by atoms with Crippen molar-refractivity contribution < 1.29 is 21.8 Å². The van der Waals surface area contributed by atoms with Crippen LogP contribution in [0.1, 0.15) is 25.7 Å². The van der Waals surface area contributed by atoms with E-state index in [1.54, 1.807) is 12.0 Å². The van der Waals surface area contributed by atoms with Crippen LogP contribution in [0, 0.1) is 11.3 Å². The predicted octanol–water partition coefficient (Wildman–Crippen LogP) is 0.951. The van der Waals surface area contributed by atoms with Gasteiger partial charge >= 0.3 is 10.2 Å². The molecule has 0 aromatic carbocycles. The Kier molecular flexibility index (Phi) is 4.15. The minimum absolute atomic E-state index is 0.0217. The van der Waals surface area contributed by atoms with Gasteiger partial charge in [-0.3, -0.25) is 4.79 Å². The van der Waals surface area contributed by atoms with Crippen LogP contribution in [0.4, 0.5) is 3.89 Å². The molecule has 2 fully saturated rings. The van der Waals surface area contributed by atoms with Gasteiger partial charge < -0.3 is 9.64 Å². The average Bonchev–Trinajstić information content (AvgIpc) is 2.53. The molecule has 1 atom stereocenters. The summed E-state index contributed by atoms with van der Waals surface area (Å²) >= 11 is 0. The van der Waals surface area contributed by atoms with E-state index >= 15 is 0 Å². The number of amides is 1. The molecule has 0 bridgehead atoms. The number of halogens is 1. The standard InChI is InChI=1S/C12H20FNO4S/c1-18-9-12(3-2-4-12)8-14-6-10(5-11(14)15)7-19(13,16)17/h10H,2-9H2,1H3. The Labute approximate surface area is 113 Å². The molecule has 1 heterocycles. The molecule has 1 unspecified atom stereocenters. The zero-order valence-electron chi connectivity index (χ0n) is 11.1. The molecule has 1 saturated carbocycles. The van der Waals surface area contributed by atoms with Crippen molar-refractivity contribution in [3.63, 3.8) is 0 Å². The molecule has 110 valence electrons. The van der Waals surface area contributed by atoms with Gasteiger partial charge in [-0.2, -0.15) is 8.42 Å². The average molecular weight is 293 g/mol. The molecule has 7 heteroatoms. The number of hydrogen-bond donors (Lipinski definition) is 0. The van der Waals surface area contributed by atoms with Crippen LogP contribution in [0.2, 0.25) is 0 Å². The van der Waals surface area contributed by atoms with Crippen LogP contribution in [0.15, 0.2) is 0 Å². The first-order valence-electron chi connectivity index (χ1n) is 6.53. The zero-order chi connectivity index (χ0) is 14.1. The lowest BCUT2D eigenvalue weighted by Crippen LogP contribution is -2.45. The maximum atomic E-state index is 12.7. The molecular formula is C12H20FNO4S. The fraction of sp³-hybridized carbons (Fsp3) is 0.917. The van der Waals surface area contributed by atoms with Gasteiger partial charge in [0.25, 0.3) is 0 Å². The SMILES string of the molecule is COCC1(CN2CC(CS(=O)(=O)F)CC2=O)CCC1. The van der Waals surface area contributed by atoms with Crippen LogP contribution < -0.4 is 0 Å². The monoisotopic (exact) mass is 293 g/mol. The van der Waals surface area contributed by atoms with Crippen molar-refractivity contribution in [1.29, 1.82) is 0 Å². The molecule has 0 aromatic heterocycles. The van der Waals surface area contributed by atoms with Gasteiger partial charge in [0.1, 0.15) is 0 Å². The van der Waals surface area contributed by atoms with Gasteiger partial charge in [0.15, 0.2) is 0 Å². The maximum absolute atomic E-state index is 12.7. The van der Waals surface area contributed by atoms with E-state index in [1.807, 2.05) is 0 Å². The Bertz CT molecular complexity index is 447. The Balaban J connectivity index is 1.93. The van der Waals surface area contributed by atoms with Crippen molar-refractivity contribution in [1.82, 2.24) is 4.90 Å². The lowest BCUT2D eigenvalue weighted by atomic mass is 9.69. The minimum Gasteiger partial charge on any atom is -0.384 e. The number of likely N-dealkylation sites (tertiary alicyclic amines) is 1. The number of nitrogens with zero attached hydrogens (tertiary/aromatic N) is 1. The van der Waals surface area contributed by atoms with Gasteiger partial charge in [0.2, 0.25) is 5.91 Å². The van der Waals surface area contributed by atoms with Crippen LogP contribution in [-0.4, -0.2) is 51.8 Å². The van der Waals surface area contributed by atoms with Crippen LogP contribution in [0.3, 0.4) is 0 Å². The number of rotatable bonds is 6. The highest BCUT2D eigenvalue weighted by Crippen LogP contribution is 2.42. The topological polar surface area (TPSA) is 63.7 Å². The van der Waals surface area contributed by atoms with Crippen molar-refractivity contribution in [3.8, 4) is 0 Å². The number of hydrogen-bond acceptors (Lipinski definition) is 4. The molecular weight excluding hydrogens is 273 g/mol. The number of carbonyl (C=O) groups excluding carboxylic acids is 1. The molecule has 0 aromatic rings. The summed E-state index contributed by atoms with van der Waals surface area (Å²) in [5.41, 5.74) is 0.0217. The molecule has 1 aliphatic heterocycles. The summed E-state index contributed by atoms with van der Waals surface area (Å²) < 4.78 is 39.1. The van der Waals surface area contributed by atoms with Crippen molar-refractivity contribution in [2.75, 3.05) is 32.6 Å². The van der Waals surface area contributed by atoms with E-state index in [9.17, 15) is 17.1 Å². The first kappa shape index (κ1) is 14.7. The second-order valence-electron chi connectivity index (χ2n) is 5.84. The van der Waals surface area contributed by atoms with E-state index in [1.165, 1.54) is 0 Å². The largest absolute Gasteiger partial charge is 0.384 e. The molecule has 0 radical (unpaired) electrons. The van der Waals surface area contributed by atoms with Gasteiger partial charge in [0, 0.05) is 38.0 Å². The fourth-order valence-electron chi connectivity index (χ4n) is 3.14. The van der Waals surface area contributed by atoms with Crippen molar-refractivity contribution in [3.05, 3.63) is 0 Å². The normalized spacial score (nSPS) is 26.5. The van der Waals surface area contributed by atoms with E-state index < -0.39 is 21.9 Å². The highest BCUT2D eigenvalue weighted by molar-refractivity contribution is 7.86. The highest BCUT2D eigenvalue weighted by atomic mass is 32.3. The second-order valence-corrected chi connectivity index (χ2v) is 7.25. The third-order valence-electron chi connectivity index (χ3n) is 4.12. The highest BCUT2D eigenvalue weighted by Gasteiger charge is 2.42. The lowest BCUT2D eigenvalue weighted by molar-refractivity contribution is -0.131. The van der Waals surface area contributed by atoms with E-state index in [0.717, 1.165) is 19.3 Å². The van der Waals surface area contributed by atoms with E-state index in [0.29, 0.717) is 19.7 Å². The molecule has 0 spiro atoms. The summed E-state index contributed by atoms with van der Waals surface area (Å²) in [4.78, 5) is 13.5. The lowest BCUT2D eigenvalue weighted by Gasteiger charge is -2.43. The summed E-state index contributed by atoms with van der Waals surface area (Å²) in [6, 6.07) is 0. The molecule has 1 aliphatic carbocycles. The van der Waals surface area contributed by atoms with Crippen LogP contribution >= 0.6 is 0 Å². The quantitative estimate of drug-likeness (QED) is 0.684. The zero-order valence-corrected chi connectivity index (χ0v) is 11.9. The Hall–Kier alpha value is -0.690. The molecule has 19 heavy (non-hydrogen) atoms. The Morgan fingerprint density at radius 1 is 1.47 bits per heavy atom. The van der Waals surface area contributed by atoms with Crippen LogP contribution in [-0.2, 0) is 19.8 Å². The van der Waals surface area contributed by atoms with Crippen LogP contribution in [0.5, 0.6) is 0 Å². The number of methoxy groups -OCH3 is 1. The number of ether oxygens (including phenoxy) is 1. The first-order chi connectivity index (χ1) is 8.84. The minimum atomic E-state index is -4.50. The smallest absolute Gasteiger partial charge is 0.302 e. The Morgan fingerprint density at radius 3 is 2.63 bits per heavy atom. The maximum Gasteiger partial charge on any atom is 0.302 e. The van der Waals surface area contributed by atoms with Gasteiger partial charge in [-0.25, -0.2) is 0 Å². The predicted molar refractivity (Wildman–Crippen MR) is 67.7 cm³/mol. The molecule has 2 rings (SSSR count). The van der Waals surface area contributed by atoms with Crippen molar-refractivity contribution in [2.24, 2.45) is 11.3 Å². The number of carbonyl (C=O) groups is 1.